The molecule has 1 saturated heterocycles. The molecule has 1 unspecified atom stereocenters. The molecule has 6 heteroatoms. The SMILES string of the molecule is COC(C)OC(=O)OCC1COC(C)(C)OC1. The molecular formula is C11H20O6. The van der Waals surface area contributed by atoms with Gasteiger partial charge >= 0.3 is 6.16 Å². The first-order chi connectivity index (χ1) is 7.93. The Morgan fingerprint density at radius 1 is 1.41 bits per heavy atom. The Morgan fingerprint density at radius 2 is 2.00 bits per heavy atom. The Kier molecular flexibility index (Phi) is 5.17. The predicted octanol–water partition coefficient (Wildman–Crippen LogP) is 1.53. The van der Waals surface area contributed by atoms with Crippen molar-refractivity contribution in [2.24, 2.45) is 5.92 Å². The molecule has 100 valence electrons. The Morgan fingerprint density at radius 3 is 2.53 bits per heavy atom. The van der Waals surface area contributed by atoms with E-state index in [4.69, 9.17) is 23.7 Å². The van der Waals surface area contributed by atoms with Gasteiger partial charge in [0.15, 0.2) is 5.79 Å². The molecule has 0 spiro atoms. The van der Waals surface area contributed by atoms with Crippen molar-refractivity contribution in [3.05, 3.63) is 0 Å². The largest absolute Gasteiger partial charge is 0.510 e. The minimum atomic E-state index is -0.746. The molecule has 0 aromatic heterocycles. The van der Waals surface area contributed by atoms with E-state index in [0.29, 0.717) is 13.2 Å². The molecule has 0 N–H and O–H groups in total. The summed E-state index contributed by atoms with van der Waals surface area (Å²) in [5, 5.41) is 0. The van der Waals surface area contributed by atoms with Crippen molar-refractivity contribution >= 4 is 6.16 Å². The Hall–Kier alpha value is -0.850. The lowest BCUT2D eigenvalue weighted by Crippen LogP contribution is -2.41. The van der Waals surface area contributed by atoms with Crippen LogP contribution in [0.15, 0.2) is 0 Å². The van der Waals surface area contributed by atoms with Crippen LogP contribution in [-0.2, 0) is 23.7 Å². The fourth-order valence-corrected chi connectivity index (χ4v) is 1.23. The zero-order valence-electron chi connectivity index (χ0n) is 10.7. The van der Waals surface area contributed by atoms with E-state index in [9.17, 15) is 4.79 Å². The molecule has 0 aliphatic carbocycles. The van der Waals surface area contributed by atoms with Crippen molar-refractivity contribution in [2.45, 2.75) is 32.8 Å². The number of hydrogen-bond donors (Lipinski definition) is 0. The van der Waals surface area contributed by atoms with Gasteiger partial charge in [-0.1, -0.05) is 0 Å². The van der Waals surface area contributed by atoms with Crippen LogP contribution in [0.4, 0.5) is 4.79 Å². The van der Waals surface area contributed by atoms with Crippen LogP contribution in [0.5, 0.6) is 0 Å². The van der Waals surface area contributed by atoms with E-state index in [1.54, 1.807) is 6.92 Å². The molecule has 1 atom stereocenters. The molecule has 0 aromatic carbocycles. The van der Waals surface area contributed by atoms with E-state index in [1.165, 1.54) is 7.11 Å². The van der Waals surface area contributed by atoms with E-state index in [-0.39, 0.29) is 12.5 Å². The first kappa shape index (κ1) is 14.2. The van der Waals surface area contributed by atoms with Crippen molar-refractivity contribution in [3.8, 4) is 0 Å². The van der Waals surface area contributed by atoms with Gasteiger partial charge in [0.25, 0.3) is 0 Å². The summed E-state index contributed by atoms with van der Waals surface area (Å²) in [6.07, 6.45) is -1.36. The third-order valence-corrected chi connectivity index (χ3v) is 2.36. The highest BCUT2D eigenvalue weighted by molar-refractivity contribution is 5.59. The second kappa shape index (κ2) is 6.18. The Balaban J connectivity index is 2.17. The maximum absolute atomic E-state index is 11.2. The predicted molar refractivity (Wildman–Crippen MR) is 58.4 cm³/mol. The van der Waals surface area contributed by atoms with Gasteiger partial charge in [-0.25, -0.2) is 4.79 Å². The molecule has 0 bridgehead atoms. The topological polar surface area (TPSA) is 63.2 Å². The maximum atomic E-state index is 11.2. The number of methoxy groups -OCH3 is 1. The van der Waals surface area contributed by atoms with E-state index < -0.39 is 18.2 Å². The maximum Gasteiger partial charge on any atom is 0.510 e. The minimum Gasteiger partial charge on any atom is -0.434 e. The van der Waals surface area contributed by atoms with Crippen LogP contribution >= 0.6 is 0 Å². The summed E-state index contributed by atoms with van der Waals surface area (Å²) in [7, 11) is 1.45. The number of ether oxygens (including phenoxy) is 5. The third-order valence-electron chi connectivity index (χ3n) is 2.36. The van der Waals surface area contributed by atoms with Gasteiger partial charge in [0.1, 0.15) is 6.61 Å². The zero-order chi connectivity index (χ0) is 12.9. The van der Waals surface area contributed by atoms with Crippen LogP contribution in [0.1, 0.15) is 20.8 Å². The van der Waals surface area contributed by atoms with Crippen LogP contribution in [0.25, 0.3) is 0 Å². The fraction of sp³-hybridized carbons (Fsp3) is 0.909. The molecular weight excluding hydrogens is 228 g/mol. The van der Waals surface area contributed by atoms with E-state index in [0.717, 1.165) is 0 Å². The van der Waals surface area contributed by atoms with Gasteiger partial charge in [0, 0.05) is 13.0 Å². The van der Waals surface area contributed by atoms with Crippen LogP contribution in [-0.4, -0.2) is 45.2 Å². The zero-order valence-corrected chi connectivity index (χ0v) is 10.7. The number of hydrogen-bond acceptors (Lipinski definition) is 6. The molecule has 0 aromatic rings. The second-order valence-corrected chi connectivity index (χ2v) is 4.37. The van der Waals surface area contributed by atoms with Crippen molar-refractivity contribution in [1.29, 1.82) is 0 Å². The smallest absolute Gasteiger partial charge is 0.434 e. The lowest BCUT2D eigenvalue weighted by atomic mass is 10.1. The van der Waals surface area contributed by atoms with Crippen LogP contribution in [0.2, 0.25) is 0 Å². The standard InChI is InChI=1S/C11H20O6/c1-8(13-4)17-10(12)14-5-9-6-15-11(2,3)16-7-9/h8-9H,5-7H2,1-4H3. The lowest BCUT2D eigenvalue weighted by molar-refractivity contribution is -0.265. The van der Waals surface area contributed by atoms with Gasteiger partial charge in [-0.05, 0) is 20.8 Å². The molecule has 1 rings (SSSR count). The molecule has 1 aliphatic rings. The number of rotatable bonds is 4. The molecule has 1 fully saturated rings. The Labute approximate surface area is 101 Å². The van der Waals surface area contributed by atoms with Gasteiger partial charge in [-0.2, -0.15) is 0 Å². The van der Waals surface area contributed by atoms with Gasteiger partial charge in [-0.15, -0.1) is 0 Å². The summed E-state index contributed by atoms with van der Waals surface area (Å²) < 4.78 is 25.3. The summed E-state index contributed by atoms with van der Waals surface area (Å²) in [6.45, 7) is 6.51. The summed E-state index contributed by atoms with van der Waals surface area (Å²) in [6, 6.07) is 0. The number of carbonyl (C=O) groups excluding carboxylic acids is 1. The lowest BCUT2D eigenvalue weighted by Gasteiger charge is -2.34. The van der Waals surface area contributed by atoms with Gasteiger partial charge in [-0.3, -0.25) is 0 Å². The highest BCUT2D eigenvalue weighted by atomic mass is 16.8. The van der Waals surface area contributed by atoms with Crippen LogP contribution in [0.3, 0.4) is 0 Å². The van der Waals surface area contributed by atoms with Crippen molar-refractivity contribution in [3.63, 3.8) is 0 Å². The summed E-state index contributed by atoms with van der Waals surface area (Å²) >= 11 is 0. The van der Waals surface area contributed by atoms with Gasteiger partial charge < -0.3 is 23.7 Å². The van der Waals surface area contributed by atoms with E-state index in [2.05, 4.69) is 0 Å². The highest BCUT2D eigenvalue weighted by Gasteiger charge is 2.29. The highest BCUT2D eigenvalue weighted by Crippen LogP contribution is 2.20. The molecule has 6 nitrogen and oxygen atoms in total. The first-order valence-corrected chi connectivity index (χ1v) is 5.57. The molecule has 0 amide bonds. The Bertz CT molecular complexity index is 242. The average Bonchev–Trinajstić information content (AvgIpc) is 2.27. The minimum absolute atomic E-state index is 0.0356. The summed E-state index contributed by atoms with van der Waals surface area (Å²) in [5.41, 5.74) is 0. The fourth-order valence-electron chi connectivity index (χ4n) is 1.23. The van der Waals surface area contributed by atoms with Crippen molar-refractivity contribution in [2.75, 3.05) is 26.9 Å². The number of carbonyl (C=O) groups is 1. The van der Waals surface area contributed by atoms with Gasteiger partial charge in [0.05, 0.1) is 13.2 Å². The molecule has 0 saturated carbocycles. The molecule has 17 heavy (non-hydrogen) atoms. The summed E-state index contributed by atoms with van der Waals surface area (Å²) in [4.78, 5) is 11.2. The summed E-state index contributed by atoms with van der Waals surface area (Å²) in [5.74, 6) is -0.518. The first-order valence-electron chi connectivity index (χ1n) is 5.57. The second-order valence-electron chi connectivity index (χ2n) is 4.37. The molecule has 1 aliphatic heterocycles. The third kappa shape index (κ3) is 5.34. The van der Waals surface area contributed by atoms with Crippen molar-refractivity contribution in [1.82, 2.24) is 0 Å². The van der Waals surface area contributed by atoms with Crippen LogP contribution in [0, 0.1) is 5.92 Å². The average molecular weight is 248 g/mol. The quantitative estimate of drug-likeness (QED) is 0.555. The molecule has 0 radical (unpaired) electrons. The monoisotopic (exact) mass is 248 g/mol. The van der Waals surface area contributed by atoms with Crippen LogP contribution < -0.4 is 0 Å². The van der Waals surface area contributed by atoms with Gasteiger partial charge in [0.2, 0.25) is 6.29 Å². The van der Waals surface area contributed by atoms with E-state index >= 15 is 0 Å². The normalized spacial score (nSPS) is 21.9. The molecule has 1 heterocycles. The van der Waals surface area contributed by atoms with E-state index in [1.807, 2.05) is 13.8 Å². The van der Waals surface area contributed by atoms with Crippen molar-refractivity contribution < 1.29 is 28.5 Å².